The predicted molar refractivity (Wildman–Crippen MR) is 114 cm³/mol. The van der Waals surface area contributed by atoms with Crippen LogP contribution in [0.5, 0.6) is 11.5 Å². The van der Waals surface area contributed by atoms with E-state index in [1.807, 2.05) is 60.7 Å². The highest BCUT2D eigenvalue weighted by atomic mass is 32.1. The molecule has 0 saturated heterocycles. The minimum absolute atomic E-state index is 0.0324. The fraction of sp³-hybridized carbons (Fsp3) is 0.125. The van der Waals surface area contributed by atoms with E-state index in [4.69, 9.17) is 9.47 Å². The SMILES string of the molecule is COc1ccc(C(=O)c2c(Cc3ccccc3)sc3cc(OC)ccc23)cc1. The largest absolute Gasteiger partial charge is 0.497 e. The van der Waals surface area contributed by atoms with E-state index in [-0.39, 0.29) is 5.78 Å². The summed E-state index contributed by atoms with van der Waals surface area (Å²) in [5, 5.41) is 0.970. The summed E-state index contributed by atoms with van der Waals surface area (Å²) in [4.78, 5) is 14.5. The van der Waals surface area contributed by atoms with Crippen LogP contribution in [-0.2, 0) is 6.42 Å². The first-order valence-electron chi connectivity index (χ1n) is 9.01. The second-order valence-corrected chi connectivity index (χ2v) is 7.62. The predicted octanol–water partition coefficient (Wildman–Crippen LogP) is 5.74. The summed E-state index contributed by atoms with van der Waals surface area (Å²) in [6, 6.07) is 23.4. The van der Waals surface area contributed by atoms with Gasteiger partial charge in [0.05, 0.1) is 14.2 Å². The number of fused-ring (bicyclic) bond motifs is 1. The van der Waals surface area contributed by atoms with Crippen LogP contribution in [0.15, 0.2) is 72.8 Å². The maximum atomic E-state index is 13.4. The van der Waals surface area contributed by atoms with Crippen LogP contribution in [0.3, 0.4) is 0 Å². The van der Waals surface area contributed by atoms with Gasteiger partial charge < -0.3 is 9.47 Å². The van der Waals surface area contributed by atoms with Gasteiger partial charge >= 0.3 is 0 Å². The molecule has 28 heavy (non-hydrogen) atoms. The Balaban J connectivity index is 1.83. The Labute approximate surface area is 168 Å². The normalized spacial score (nSPS) is 10.8. The van der Waals surface area contributed by atoms with E-state index >= 15 is 0 Å². The number of ether oxygens (including phenoxy) is 2. The van der Waals surface area contributed by atoms with Crippen LogP contribution < -0.4 is 9.47 Å². The molecule has 4 aromatic rings. The molecule has 0 saturated carbocycles. The molecule has 4 rings (SSSR count). The quantitative estimate of drug-likeness (QED) is 0.395. The Hall–Kier alpha value is -3.11. The van der Waals surface area contributed by atoms with Crippen molar-refractivity contribution in [2.75, 3.05) is 14.2 Å². The van der Waals surface area contributed by atoms with E-state index in [2.05, 4.69) is 12.1 Å². The number of thiophene rings is 1. The molecule has 0 atom stereocenters. The smallest absolute Gasteiger partial charge is 0.194 e. The Kier molecular flexibility index (Phi) is 5.13. The third kappa shape index (κ3) is 3.51. The summed E-state index contributed by atoms with van der Waals surface area (Å²) in [7, 11) is 3.28. The number of methoxy groups -OCH3 is 2. The Morgan fingerprint density at radius 1 is 0.857 bits per heavy atom. The molecule has 0 N–H and O–H groups in total. The molecule has 0 radical (unpaired) electrons. The first kappa shape index (κ1) is 18.3. The van der Waals surface area contributed by atoms with Crippen molar-refractivity contribution < 1.29 is 14.3 Å². The Morgan fingerprint density at radius 2 is 1.54 bits per heavy atom. The van der Waals surface area contributed by atoms with Crippen LogP contribution in [0.1, 0.15) is 26.4 Å². The molecular weight excluding hydrogens is 368 g/mol. The van der Waals surface area contributed by atoms with Crippen LogP contribution in [0.4, 0.5) is 0 Å². The molecular formula is C24H20O3S. The second-order valence-electron chi connectivity index (χ2n) is 6.48. The molecule has 0 unspecified atom stereocenters. The number of ketones is 1. The van der Waals surface area contributed by atoms with Gasteiger partial charge in [-0.25, -0.2) is 0 Å². The van der Waals surface area contributed by atoms with Gasteiger partial charge in [-0.1, -0.05) is 30.3 Å². The first-order valence-corrected chi connectivity index (χ1v) is 9.83. The van der Waals surface area contributed by atoms with Crippen LogP contribution in [0, 0.1) is 0 Å². The van der Waals surface area contributed by atoms with Crippen molar-refractivity contribution in [3.63, 3.8) is 0 Å². The van der Waals surface area contributed by atoms with Crippen LogP contribution in [0.2, 0.25) is 0 Å². The third-order valence-corrected chi connectivity index (χ3v) is 5.91. The molecule has 0 fully saturated rings. The topological polar surface area (TPSA) is 35.5 Å². The van der Waals surface area contributed by atoms with Crippen molar-refractivity contribution in [3.05, 3.63) is 94.4 Å². The fourth-order valence-corrected chi connectivity index (χ4v) is 4.56. The lowest BCUT2D eigenvalue weighted by molar-refractivity contribution is 0.104. The van der Waals surface area contributed by atoms with Crippen molar-refractivity contribution >= 4 is 27.2 Å². The highest BCUT2D eigenvalue weighted by Gasteiger charge is 2.21. The molecule has 3 nitrogen and oxygen atoms in total. The Bertz CT molecular complexity index is 1110. The third-order valence-electron chi connectivity index (χ3n) is 4.76. The van der Waals surface area contributed by atoms with Gasteiger partial charge in [-0.05, 0) is 48.0 Å². The van der Waals surface area contributed by atoms with Crippen LogP contribution >= 0.6 is 11.3 Å². The van der Waals surface area contributed by atoms with E-state index in [1.54, 1.807) is 25.6 Å². The van der Waals surface area contributed by atoms with Gasteiger partial charge in [-0.2, -0.15) is 0 Å². The number of benzene rings is 3. The summed E-state index contributed by atoms with van der Waals surface area (Å²) >= 11 is 1.65. The number of rotatable bonds is 6. The standard InChI is InChI=1S/C24H20O3S/c1-26-18-10-8-17(9-11-18)24(25)23-20-13-12-19(27-2)15-21(20)28-22(23)14-16-6-4-3-5-7-16/h3-13,15H,14H2,1-2H3. The zero-order valence-corrected chi connectivity index (χ0v) is 16.6. The van der Waals surface area contributed by atoms with E-state index in [9.17, 15) is 4.79 Å². The zero-order valence-electron chi connectivity index (χ0n) is 15.8. The summed E-state index contributed by atoms with van der Waals surface area (Å²) < 4.78 is 11.6. The van der Waals surface area contributed by atoms with Crippen molar-refractivity contribution in [1.29, 1.82) is 0 Å². The summed E-state index contributed by atoms with van der Waals surface area (Å²) in [5.41, 5.74) is 2.62. The first-order chi connectivity index (χ1) is 13.7. The molecule has 1 aromatic heterocycles. The van der Waals surface area contributed by atoms with E-state index in [0.717, 1.165) is 38.4 Å². The monoisotopic (exact) mass is 388 g/mol. The molecule has 0 aliphatic heterocycles. The van der Waals surface area contributed by atoms with Crippen LogP contribution in [-0.4, -0.2) is 20.0 Å². The summed E-state index contributed by atoms with van der Waals surface area (Å²) in [5.74, 6) is 1.56. The molecule has 0 aliphatic rings. The average molecular weight is 388 g/mol. The average Bonchev–Trinajstić information content (AvgIpc) is 3.10. The van der Waals surface area contributed by atoms with Crippen LogP contribution in [0.25, 0.3) is 10.1 Å². The minimum Gasteiger partial charge on any atom is -0.497 e. The lowest BCUT2D eigenvalue weighted by Crippen LogP contribution is -2.04. The molecule has 0 bridgehead atoms. The van der Waals surface area contributed by atoms with Gasteiger partial charge in [-0.3, -0.25) is 4.79 Å². The summed E-state index contributed by atoms with van der Waals surface area (Å²) in [6.07, 6.45) is 0.722. The number of carbonyl (C=O) groups excluding carboxylic acids is 1. The zero-order chi connectivity index (χ0) is 19.5. The number of hydrogen-bond acceptors (Lipinski definition) is 4. The minimum atomic E-state index is 0.0324. The maximum absolute atomic E-state index is 13.4. The van der Waals surface area contributed by atoms with Gasteiger partial charge in [0.15, 0.2) is 5.78 Å². The van der Waals surface area contributed by atoms with Crippen molar-refractivity contribution in [2.45, 2.75) is 6.42 Å². The number of carbonyl (C=O) groups is 1. The summed E-state index contributed by atoms with van der Waals surface area (Å²) in [6.45, 7) is 0. The second kappa shape index (κ2) is 7.87. The lowest BCUT2D eigenvalue weighted by Gasteiger charge is -2.06. The van der Waals surface area contributed by atoms with Gasteiger partial charge in [0, 0.05) is 32.5 Å². The number of hydrogen-bond donors (Lipinski definition) is 0. The molecule has 0 spiro atoms. The van der Waals surface area contributed by atoms with Crippen molar-refractivity contribution in [1.82, 2.24) is 0 Å². The maximum Gasteiger partial charge on any atom is 0.194 e. The van der Waals surface area contributed by atoms with E-state index in [1.165, 1.54) is 5.56 Å². The van der Waals surface area contributed by atoms with E-state index in [0.29, 0.717) is 5.56 Å². The lowest BCUT2D eigenvalue weighted by atomic mass is 9.97. The van der Waals surface area contributed by atoms with Crippen molar-refractivity contribution in [2.24, 2.45) is 0 Å². The highest BCUT2D eigenvalue weighted by Crippen LogP contribution is 2.36. The Morgan fingerprint density at radius 3 is 2.21 bits per heavy atom. The highest BCUT2D eigenvalue weighted by molar-refractivity contribution is 7.19. The molecule has 0 aliphatic carbocycles. The van der Waals surface area contributed by atoms with Gasteiger partial charge in [-0.15, -0.1) is 11.3 Å². The van der Waals surface area contributed by atoms with Gasteiger partial charge in [0.1, 0.15) is 11.5 Å². The molecule has 0 amide bonds. The van der Waals surface area contributed by atoms with Gasteiger partial charge in [0.2, 0.25) is 0 Å². The molecule has 1 heterocycles. The molecule has 140 valence electrons. The molecule has 3 aromatic carbocycles. The van der Waals surface area contributed by atoms with Gasteiger partial charge in [0.25, 0.3) is 0 Å². The van der Waals surface area contributed by atoms with E-state index < -0.39 is 0 Å². The molecule has 4 heteroatoms. The van der Waals surface area contributed by atoms with Crippen molar-refractivity contribution in [3.8, 4) is 11.5 Å². The fourth-order valence-electron chi connectivity index (χ4n) is 3.30.